The van der Waals surface area contributed by atoms with E-state index in [1.807, 2.05) is 6.92 Å². The SMILES string of the molecule is C/C(NN)=C(/CC(C)C)C(C)C. The molecule has 0 saturated heterocycles. The van der Waals surface area contributed by atoms with Crippen molar-refractivity contribution in [2.75, 3.05) is 0 Å². The Kier molecular flexibility index (Phi) is 4.98. The van der Waals surface area contributed by atoms with Crippen LogP contribution in [0.3, 0.4) is 0 Å². The number of hydrogen-bond acceptors (Lipinski definition) is 2. The molecule has 2 nitrogen and oxygen atoms in total. The molecule has 0 atom stereocenters. The Labute approximate surface area is 76.2 Å². The summed E-state index contributed by atoms with van der Waals surface area (Å²) in [6.45, 7) is 10.9. The molecule has 0 unspecified atom stereocenters. The van der Waals surface area contributed by atoms with Crippen LogP contribution >= 0.6 is 0 Å². The predicted molar refractivity (Wildman–Crippen MR) is 54.3 cm³/mol. The van der Waals surface area contributed by atoms with Crippen LogP contribution in [0.4, 0.5) is 0 Å². The fourth-order valence-electron chi connectivity index (χ4n) is 1.35. The number of hydrogen-bond donors (Lipinski definition) is 2. The van der Waals surface area contributed by atoms with Gasteiger partial charge in [-0.1, -0.05) is 27.7 Å². The molecule has 0 bridgehead atoms. The van der Waals surface area contributed by atoms with Crippen molar-refractivity contribution in [2.24, 2.45) is 17.7 Å². The summed E-state index contributed by atoms with van der Waals surface area (Å²) in [6.07, 6.45) is 1.13. The zero-order chi connectivity index (χ0) is 9.72. The third-order valence-corrected chi connectivity index (χ3v) is 2.02. The Balaban J connectivity index is 4.43. The zero-order valence-electron chi connectivity index (χ0n) is 8.94. The fourth-order valence-corrected chi connectivity index (χ4v) is 1.35. The summed E-state index contributed by atoms with van der Waals surface area (Å²) in [5.74, 6) is 6.66. The van der Waals surface area contributed by atoms with Crippen LogP contribution in [0.1, 0.15) is 41.0 Å². The first-order chi connectivity index (χ1) is 5.49. The molecule has 0 aliphatic carbocycles. The lowest BCUT2D eigenvalue weighted by atomic mass is 9.92. The van der Waals surface area contributed by atoms with E-state index in [4.69, 9.17) is 5.84 Å². The molecule has 0 aromatic carbocycles. The molecule has 0 saturated carbocycles. The van der Waals surface area contributed by atoms with Crippen LogP contribution in [0, 0.1) is 11.8 Å². The van der Waals surface area contributed by atoms with Crippen molar-refractivity contribution >= 4 is 0 Å². The highest BCUT2D eigenvalue weighted by molar-refractivity contribution is 5.12. The van der Waals surface area contributed by atoms with E-state index >= 15 is 0 Å². The van der Waals surface area contributed by atoms with E-state index in [9.17, 15) is 0 Å². The molecule has 0 radical (unpaired) electrons. The predicted octanol–water partition coefficient (Wildman–Crippen LogP) is 2.43. The van der Waals surface area contributed by atoms with Gasteiger partial charge in [0.25, 0.3) is 0 Å². The lowest BCUT2D eigenvalue weighted by molar-refractivity contribution is 0.572. The molecule has 0 aliphatic rings. The summed E-state index contributed by atoms with van der Waals surface area (Å²) in [5.41, 5.74) is 5.29. The molecule has 0 heterocycles. The van der Waals surface area contributed by atoms with E-state index in [1.165, 1.54) is 5.57 Å². The van der Waals surface area contributed by atoms with E-state index in [0.717, 1.165) is 12.1 Å². The van der Waals surface area contributed by atoms with E-state index in [0.29, 0.717) is 11.8 Å². The first-order valence-corrected chi connectivity index (χ1v) is 4.65. The van der Waals surface area contributed by atoms with Gasteiger partial charge in [-0.2, -0.15) is 0 Å². The van der Waals surface area contributed by atoms with Gasteiger partial charge in [-0.05, 0) is 30.8 Å². The molecule has 0 fully saturated rings. The average Bonchev–Trinajstić information content (AvgIpc) is 1.98. The maximum Gasteiger partial charge on any atom is 0.0223 e. The monoisotopic (exact) mass is 170 g/mol. The largest absolute Gasteiger partial charge is 0.329 e. The van der Waals surface area contributed by atoms with Crippen LogP contribution in [-0.4, -0.2) is 0 Å². The van der Waals surface area contributed by atoms with Crippen LogP contribution in [0.2, 0.25) is 0 Å². The van der Waals surface area contributed by atoms with Gasteiger partial charge in [0, 0.05) is 5.70 Å². The van der Waals surface area contributed by atoms with Crippen molar-refractivity contribution in [1.82, 2.24) is 5.43 Å². The number of allylic oxidation sites excluding steroid dienone is 2. The van der Waals surface area contributed by atoms with Crippen molar-refractivity contribution in [2.45, 2.75) is 41.0 Å². The van der Waals surface area contributed by atoms with E-state index in [1.54, 1.807) is 0 Å². The van der Waals surface area contributed by atoms with Crippen molar-refractivity contribution in [3.8, 4) is 0 Å². The van der Waals surface area contributed by atoms with Gasteiger partial charge in [0.15, 0.2) is 0 Å². The normalized spacial score (nSPS) is 13.7. The first kappa shape index (κ1) is 11.5. The minimum atomic E-state index is 0.587. The summed E-state index contributed by atoms with van der Waals surface area (Å²) in [5, 5.41) is 0. The quantitative estimate of drug-likeness (QED) is 0.502. The van der Waals surface area contributed by atoms with Crippen LogP contribution in [0.25, 0.3) is 0 Å². The summed E-state index contributed by atoms with van der Waals surface area (Å²) in [7, 11) is 0. The Morgan fingerprint density at radius 3 is 2.00 bits per heavy atom. The molecule has 72 valence electrons. The molecular weight excluding hydrogens is 148 g/mol. The van der Waals surface area contributed by atoms with Gasteiger partial charge in [-0.15, -0.1) is 0 Å². The smallest absolute Gasteiger partial charge is 0.0223 e. The van der Waals surface area contributed by atoms with Crippen LogP contribution in [0.5, 0.6) is 0 Å². The van der Waals surface area contributed by atoms with Crippen molar-refractivity contribution < 1.29 is 0 Å². The zero-order valence-corrected chi connectivity index (χ0v) is 8.94. The third kappa shape index (κ3) is 3.77. The number of hydrazine groups is 1. The Morgan fingerprint density at radius 1 is 1.25 bits per heavy atom. The third-order valence-electron chi connectivity index (χ3n) is 2.02. The van der Waals surface area contributed by atoms with Crippen LogP contribution in [-0.2, 0) is 0 Å². The fraction of sp³-hybridized carbons (Fsp3) is 0.800. The van der Waals surface area contributed by atoms with Crippen LogP contribution in [0.15, 0.2) is 11.3 Å². The second-order valence-corrected chi connectivity index (χ2v) is 4.05. The average molecular weight is 170 g/mol. The second-order valence-electron chi connectivity index (χ2n) is 4.05. The molecule has 0 amide bonds. The van der Waals surface area contributed by atoms with Crippen molar-refractivity contribution in [3.05, 3.63) is 11.3 Å². The molecule has 0 rings (SSSR count). The molecule has 3 N–H and O–H groups in total. The molecule has 2 heteroatoms. The van der Waals surface area contributed by atoms with E-state index in [-0.39, 0.29) is 0 Å². The maximum atomic E-state index is 5.38. The van der Waals surface area contributed by atoms with Crippen molar-refractivity contribution in [1.29, 1.82) is 0 Å². The van der Waals surface area contributed by atoms with Gasteiger partial charge in [-0.25, -0.2) is 0 Å². The molecule has 0 spiro atoms. The molecule has 12 heavy (non-hydrogen) atoms. The summed E-state index contributed by atoms with van der Waals surface area (Å²) in [6, 6.07) is 0. The highest BCUT2D eigenvalue weighted by Gasteiger charge is 2.08. The second kappa shape index (κ2) is 5.20. The lowest BCUT2D eigenvalue weighted by Crippen LogP contribution is -2.22. The highest BCUT2D eigenvalue weighted by atomic mass is 15.2. The topological polar surface area (TPSA) is 38.0 Å². The van der Waals surface area contributed by atoms with Gasteiger partial charge < -0.3 is 5.43 Å². The number of nitrogens with two attached hydrogens (primary N) is 1. The minimum absolute atomic E-state index is 0.587. The Hall–Kier alpha value is -0.500. The van der Waals surface area contributed by atoms with Gasteiger partial charge in [0.2, 0.25) is 0 Å². The summed E-state index contributed by atoms with van der Waals surface area (Å²) in [4.78, 5) is 0. The minimum Gasteiger partial charge on any atom is -0.329 e. The van der Waals surface area contributed by atoms with Crippen LogP contribution < -0.4 is 11.3 Å². The Bertz CT molecular complexity index is 157. The number of rotatable bonds is 4. The maximum absolute atomic E-state index is 5.38. The van der Waals surface area contributed by atoms with Gasteiger partial charge >= 0.3 is 0 Å². The molecule has 0 aromatic rings. The Morgan fingerprint density at radius 2 is 1.75 bits per heavy atom. The standard InChI is InChI=1S/C10H22N2/c1-7(2)6-10(8(3)4)9(5)12-11/h7-8,12H,6,11H2,1-5H3/b10-9+. The van der Waals surface area contributed by atoms with Gasteiger partial charge in [0.05, 0.1) is 0 Å². The summed E-state index contributed by atoms with van der Waals surface area (Å²) < 4.78 is 0. The van der Waals surface area contributed by atoms with E-state index < -0.39 is 0 Å². The summed E-state index contributed by atoms with van der Waals surface area (Å²) >= 11 is 0. The highest BCUT2D eigenvalue weighted by Crippen LogP contribution is 2.21. The van der Waals surface area contributed by atoms with E-state index in [2.05, 4.69) is 33.1 Å². The molecule has 0 aliphatic heterocycles. The molecule has 0 aromatic heterocycles. The number of nitrogens with one attached hydrogen (secondary N) is 1. The lowest BCUT2D eigenvalue weighted by Gasteiger charge is -2.17. The van der Waals surface area contributed by atoms with Gasteiger partial charge in [0.1, 0.15) is 0 Å². The molecular formula is C10H22N2. The van der Waals surface area contributed by atoms with Gasteiger partial charge in [-0.3, -0.25) is 5.84 Å². The first-order valence-electron chi connectivity index (χ1n) is 4.65. The van der Waals surface area contributed by atoms with Crippen molar-refractivity contribution in [3.63, 3.8) is 0 Å².